The van der Waals surface area contributed by atoms with E-state index in [1.807, 2.05) is 43.0 Å². The number of carbonyl (C=O) groups excluding carboxylic acids is 2. The lowest BCUT2D eigenvalue weighted by Crippen LogP contribution is -2.36. The van der Waals surface area contributed by atoms with E-state index in [0.29, 0.717) is 23.6 Å². The molecule has 1 unspecified atom stereocenters. The van der Waals surface area contributed by atoms with Gasteiger partial charge in [-0.1, -0.05) is 29.8 Å². The van der Waals surface area contributed by atoms with E-state index in [-0.39, 0.29) is 30.5 Å². The van der Waals surface area contributed by atoms with E-state index < -0.39 is 0 Å². The Morgan fingerprint density at radius 1 is 1.19 bits per heavy atom. The molecule has 7 heteroatoms. The molecule has 1 saturated heterocycles. The van der Waals surface area contributed by atoms with Gasteiger partial charge in [-0.05, 0) is 62.9 Å². The molecule has 6 nitrogen and oxygen atoms in total. The van der Waals surface area contributed by atoms with Crippen LogP contribution in [0.5, 0.6) is 11.5 Å². The van der Waals surface area contributed by atoms with Crippen molar-refractivity contribution in [3.63, 3.8) is 0 Å². The minimum atomic E-state index is -0.211. The normalized spacial score (nSPS) is 15.8. The summed E-state index contributed by atoms with van der Waals surface area (Å²) in [7, 11) is 1.51. The second kappa shape index (κ2) is 10.5. The highest BCUT2D eigenvalue weighted by molar-refractivity contribution is 6.31. The maximum absolute atomic E-state index is 13.2. The fourth-order valence-electron chi connectivity index (χ4n) is 3.83. The average molecular weight is 445 g/mol. The third-order valence-electron chi connectivity index (χ3n) is 5.27. The van der Waals surface area contributed by atoms with Gasteiger partial charge in [-0.25, -0.2) is 0 Å². The maximum atomic E-state index is 13.2. The summed E-state index contributed by atoms with van der Waals surface area (Å²) in [6, 6.07) is 13.0. The van der Waals surface area contributed by atoms with Gasteiger partial charge in [0.25, 0.3) is 11.8 Å². The highest BCUT2D eigenvalue weighted by atomic mass is 35.5. The van der Waals surface area contributed by atoms with Gasteiger partial charge in [-0.3, -0.25) is 9.59 Å². The Kier molecular flexibility index (Phi) is 7.80. The van der Waals surface area contributed by atoms with Gasteiger partial charge in [0.1, 0.15) is 0 Å². The first kappa shape index (κ1) is 22.9. The number of amides is 2. The van der Waals surface area contributed by atoms with E-state index in [4.69, 9.17) is 21.1 Å². The van der Waals surface area contributed by atoms with Crippen molar-refractivity contribution in [2.75, 3.05) is 20.3 Å². The highest BCUT2D eigenvalue weighted by Crippen LogP contribution is 2.31. The smallest absolute Gasteiger partial charge is 0.258 e. The molecule has 0 spiro atoms. The van der Waals surface area contributed by atoms with Gasteiger partial charge in [0.15, 0.2) is 18.1 Å². The second-order valence-corrected chi connectivity index (χ2v) is 8.37. The summed E-state index contributed by atoms with van der Waals surface area (Å²) < 4.78 is 11.0. The van der Waals surface area contributed by atoms with E-state index in [9.17, 15) is 9.59 Å². The van der Waals surface area contributed by atoms with Gasteiger partial charge < -0.3 is 19.7 Å². The largest absolute Gasteiger partial charge is 0.493 e. The Morgan fingerprint density at radius 2 is 1.97 bits per heavy atom. The Hall–Kier alpha value is -2.73. The number of likely N-dealkylation sites (tertiary alicyclic amines) is 1. The number of ether oxygens (including phenoxy) is 2. The molecule has 0 saturated carbocycles. The van der Waals surface area contributed by atoms with Gasteiger partial charge in [0, 0.05) is 29.2 Å². The lowest BCUT2D eigenvalue weighted by Gasteiger charge is -2.25. The molecular formula is C24H29ClN2O4. The number of rotatable bonds is 8. The first-order valence-electron chi connectivity index (χ1n) is 10.5. The van der Waals surface area contributed by atoms with Crippen molar-refractivity contribution in [1.29, 1.82) is 0 Å². The average Bonchev–Trinajstić information content (AvgIpc) is 3.21. The summed E-state index contributed by atoms with van der Waals surface area (Å²) in [5.74, 6) is 0.589. The van der Waals surface area contributed by atoms with Crippen LogP contribution in [0.3, 0.4) is 0 Å². The molecule has 0 bridgehead atoms. The van der Waals surface area contributed by atoms with Gasteiger partial charge >= 0.3 is 0 Å². The van der Waals surface area contributed by atoms with Crippen molar-refractivity contribution in [2.45, 2.75) is 45.2 Å². The molecule has 31 heavy (non-hydrogen) atoms. The monoisotopic (exact) mass is 444 g/mol. The van der Waals surface area contributed by atoms with Crippen molar-refractivity contribution < 1.29 is 19.1 Å². The number of benzene rings is 2. The van der Waals surface area contributed by atoms with Crippen molar-refractivity contribution in [1.82, 2.24) is 10.2 Å². The number of nitrogens with zero attached hydrogens (tertiary/aromatic N) is 1. The van der Waals surface area contributed by atoms with Crippen molar-refractivity contribution >= 4 is 23.4 Å². The van der Waals surface area contributed by atoms with Crippen LogP contribution in [-0.2, 0) is 11.2 Å². The number of methoxy groups -OCH3 is 1. The van der Waals surface area contributed by atoms with Crippen LogP contribution in [0.1, 0.15) is 42.6 Å². The molecule has 2 amide bonds. The minimum Gasteiger partial charge on any atom is -0.493 e. The van der Waals surface area contributed by atoms with Crippen LogP contribution in [0, 0.1) is 0 Å². The number of hydrogen-bond donors (Lipinski definition) is 1. The molecule has 0 aliphatic carbocycles. The fourth-order valence-corrected chi connectivity index (χ4v) is 4.04. The van der Waals surface area contributed by atoms with E-state index in [1.54, 1.807) is 18.2 Å². The Labute approximate surface area is 188 Å². The SMILES string of the molecule is COc1cc(C(=O)N2CCCC2Cc2ccccc2Cl)ccc1OCC(=O)NC(C)C. The zero-order chi connectivity index (χ0) is 22.4. The number of halogens is 1. The second-order valence-electron chi connectivity index (χ2n) is 7.97. The minimum absolute atomic E-state index is 0.0390. The predicted octanol–water partition coefficient (Wildman–Crippen LogP) is 4.10. The molecule has 166 valence electrons. The molecule has 1 atom stereocenters. The number of hydrogen-bond acceptors (Lipinski definition) is 4. The van der Waals surface area contributed by atoms with Crippen LogP contribution < -0.4 is 14.8 Å². The zero-order valence-electron chi connectivity index (χ0n) is 18.2. The maximum Gasteiger partial charge on any atom is 0.258 e. The summed E-state index contributed by atoms with van der Waals surface area (Å²) in [6.07, 6.45) is 2.64. The third-order valence-corrected chi connectivity index (χ3v) is 5.64. The van der Waals surface area contributed by atoms with E-state index in [0.717, 1.165) is 29.8 Å². The predicted molar refractivity (Wildman–Crippen MR) is 121 cm³/mol. The lowest BCUT2D eigenvalue weighted by atomic mass is 10.0. The molecule has 3 rings (SSSR count). The zero-order valence-corrected chi connectivity index (χ0v) is 18.9. The topological polar surface area (TPSA) is 67.9 Å². The lowest BCUT2D eigenvalue weighted by molar-refractivity contribution is -0.123. The summed E-state index contributed by atoms with van der Waals surface area (Å²) in [5.41, 5.74) is 1.58. The van der Waals surface area contributed by atoms with E-state index in [1.165, 1.54) is 7.11 Å². The summed E-state index contributed by atoms with van der Waals surface area (Å²) in [5, 5.41) is 3.50. The van der Waals surface area contributed by atoms with Crippen molar-refractivity contribution in [2.24, 2.45) is 0 Å². The molecular weight excluding hydrogens is 416 g/mol. The van der Waals surface area contributed by atoms with Crippen LogP contribution in [0.2, 0.25) is 5.02 Å². The van der Waals surface area contributed by atoms with Gasteiger partial charge in [0.05, 0.1) is 7.11 Å². The molecule has 0 radical (unpaired) electrons. The molecule has 1 aliphatic rings. The summed E-state index contributed by atoms with van der Waals surface area (Å²) in [6.45, 7) is 4.37. The molecule has 1 fully saturated rings. The molecule has 1 heterocycles. The van der Waals surface area contributed by atoms with Crippen LogP contribution in [0.4, 0.5) is 0 Å². The highest BCUT2D eigenvalue weighted by Gasteiger charge is 2.30. The number of carbonyl (C=O) groups is 2. The molecule has 2 aromatic rings. The standard InChI is InChI=1S/C24H29ClN2O4/c1-16(2)26-23(28)15-31-21-11-10-18(14-22(21)30-3)24(29)27-12-6-8-19(27)13-17-7-4-5-9-20(17)25/h4-5,7,9-11,14,16,19H,6,8,12-13,15H2,1-3H3,(H,26,28). The Morgan fingerprint density at radius 3 is 2.68 bits per heavy atom. The number of nitrogens with one attached hydrogen (secondary N) is 1. The first-order valence-corrected chi connectivity index (χ1v) is 10.9. The fraction of sp³-hybridized carbons (Fsp3) is 0.417. The van der Waals surface area contributed by atoms with Gasteiger partial charge in [-0.2, -0.15) is 0 Å². The van der Waals surface area contributed by atoms with E-state index in [2.05, 4.69) is 5.32 Å². The molecule has 1 aliphatic heterocycles. The third kappa shape index (κ3) is 5.91. The summed E-state index contributed by atoms with van der Waals surface area (Å²) in [4.78, 5) is 27.0. The van der Waals surface area contributed by atoms with Crippen LogP contribution in [0.25, 0.3) is 0 Å². The summed E-state index contributed by atoms with van der Waals surface area (Å²) >= 11 is 6.32. The Balaban J connectivity index is 1.70. The van der Waals surface area contributed by atoms with Crippen LogP contribution in [0.15, 0.2) is 42.5 Å². The molecule has 1 N–H and O–H groups in total. The quantitative estimate of drug-likeness (QED) is 0.665. The molecule has 2 aromatic carbocycles. The van der Waals surface area contributed by atoms with Crippen molar-refractivity contribution in [3.05, 3.63) is 58.6 Å². The van der Waals surface area contributed by atoms with Gasteiger partial charge in [0.2, 0.25) is 0 Å². The van der Waals surface area contributed by atoms with Crippen LogP contribution in [-0.4, -0.2) is 49.1 Å². The van der Waals surface area contributed by atoms with E-state index >= 15 is 0 Å². The van der Waals surface area contributed by atoms with Gasteiger partial charge in [-0.15, -0.1) is 0 Å². The Bertz CT molecular complexity index is 932. The molecule has 0 aromatic heterocycles. The van der Waals surface area contributed by atoms with Crippen molar-refractivity contribution in [3.8, 4) is 11.5 Å². The first-order chi connectivity index (χ1) is 14.9. The van der Waals surface area contributed by atoms with Crippen LogP contribution >= 0.6 is 11.6 Å².